The molecular weight excluding hydrogens is 757 g/mol. The maximum Gasteiger partial charge on any atom is 0.306 e. The van der Waals surface area contributed by atoms with Gasteiger partial charge >= 0.3 is 17.9 Å². The number of carbonyl (C=O) groups excluding carboxylic acids is 3. The van der Waals surface area contributed by atoms with E-state index in [2.05, 4.69) is 93.7 Å². The third kappa shape index (κ3) is 47.7. The summed E-state index contributed by atoms with van der Waals surface area (Å²) >= 11 is 0. The fourth-order valence-corrected chi connectivity index (χ4v) is 6.80. The van der Waals surface area contributed by atoms with Crippen LogP contribution in [-0.4, -0.2) is 37.2 Å². The lowest BCUT2D eigenvalue weighted by Gasteiger charge is -2.18. The molecule has 61 heavy (non-hydrogen) atoms. The van der Waals surface area contributed by atoms with Crippen molar-refractivity contribution in [3.63, 3.8) is 0 Å². The summed E-state index contributed by atoms with van der Waals surface area (Å²) in [6.07, 6.45) is 61.7. The molecule has 6 nitrogen and oxygen atoms in total. The Hall–Kier alpha value is -3.15. The van der Waals surface area contributed by atoms with Crippen molar-refractivity contribution in [1.82, 2.24) is 0 Å². The summed E-state index contributed by atoms with van der Waals surface area (Å²) in [6, 6.07) is 0. The van der Waals surface area contributed by atoms with Gasteiger partial charge in [-0.05, 0) is 83.5 Å². The van der Waals surface area contributed by atoms with Gasteiger partial charge in [-0.2, -0.15) is 0 Å². The molecule has 0 aromatic carbocycles. The Bertz CT molecular complexity index is 1160. The van der Waals surface area contributed by atoms with Crippen molar-refractivity contribution in [2.45, 2.75) is 245 Å². The fraction of sp³-hybridized carbons (Fsp3) is 0.727. The molecule has 0 fully saturated rings. The van der Waals surface area contributed by atoms with Crippen molar-refractivity contribution < 1.29 is 28.6 Å². The first-order valence-electron chi connectivity index (χ1n) is 25.4. The molecule has 0 spiro atoms. The number of hydrogen-bond donors (Lipinski definition) is 0. The molecule has 0 saturated carbocycles. The van der Waals surface area contributed by atoms with Crippen LogP contribution in [0.1, 0.15) is 239 Å². The highest BCUT2D eigenvalue weighted by Gasteiger charge is 2.19. The number of carbonyl (C=O) groups is 3. The van der Waals surface area contributed by atoms with Crippen LogP contribution in [0.2, 0.25) is 0 Å². The second-order valence-electron chi connectivity index (χ2n) is 16.7. The molecule has 0 N–H and O–H groups in total. The van der Waals surface area contributed by atoms with E-state index < -0.39 is 6.10 Å². The third-order valence-electron chi connectivity index (χ3n) is 10.7. The van der Waals surface area contributed by atoms with E-state index in [1.807, 2.05) is 0 Å². The molecule has 0 unspecified atom stereocenters. The van der Waals surface area contributed by atoms with Gasteiger partial charge in [0.1, 0.15) is 13.2 Å². The molecule has 350 valence electrons. The minimum atomic E-state index is -0.802. The zero-order chi connectivity index (χ0) is 44.4. The van der Waals surface area contributed by atoms with Gasteiger partial charge in [0.25, 0.3) is 0 Å². The van der Waals surface area contributed by atoms with Gasteiger partial charge in [-0.15, -0.1) is 0 Å². The predicted octanol–water partition coefficient (Wildman–Crippen LogP) is 16.6. The minimum absolute atomic E-state index is 0.0968. The van der Waals surface area contributed by atoms with Gasteiger partial charge < -0.3 is 14.2 Å². The van der Waals surface area contributed by atoms with Gasteiger partial charge in [-0.3, -0.25) is 14.4 Å². The zero-order valence-electron chi connectivity index (χ0n) is 39.9. The molecule has 0 heterocycles. The average molecular weight is 851 g/mol. The lowest BCUT2D eigenvalue weighted by atomic mass is 10.0. The van der Waals surface area contributed by atoms with Gasteiger partial charge in [0.15, 0.2) is 6.10 Å². The summed E-state index contributed by atoms with van der Waals surface area (Å²) in [7, 11) is 0. The van der Waals surface area contributed by atoms with E-state index in [1.165, 1.54) is 103 Å². The molecule has 0 rings (SSSR count). The van der Waals surface area contributed by atoms with Crippen molar-refractivity contribution in [2.75, 3.05) is 13.2 Å². The Morgan fingerprint density at radius 1 is 0.328 bits per heavy atom. The van der Waals surface area contributed by atoms with E-state index in [0.29, 0.717) is 19.3 Å². The van der Waals surface area contributed by atoms with Crippen LogP contribution >= 0.6 is 0 Å². The van der Waals surface area contributed by atoms with Crippen LogP contribution < -0.4 is 0 Å². The van der Waals surface area contributed by atoms with Crippen LogP contribution in [-0.2, 0) is 28.6 Å². The SMILES string of the molecule is CCCC/C=C\C/C=C\CCCCCCCC(=O)O[C@@H](COC(=O)CCC/C=C\C/C=C\C/C=C\C/C=C\CCCCC)COC(=O)CCCCCCCCCCCCCC. The summed E-state index contributed by atoms with van der Waals surface area (Å²) in [5, 5.41) is 0. The van der Waals surface area contributed by atoms with Crippen molar-refractivity contribution in [3.8, 4) is 0 Å². The Morgan fingerprint density at radius 2 is 0.623 bits per heavy atom. The highest BCUT2D eigenvalue weighted by atomic mass is 16.6. The number of ether oxygens (including phenoxy) is 3. The van der Waals surface area contributed by atoms with Gasteiger partial charge in [0, 0.05) is 19.3 Å². The number of hydrogen-bond acceptors (Lipinski definition) is 6. The first-order chi connectivity index (χ1) is 30.0. The average Bonchev–Trinajstić information content (AvgIpc) is 3.26. The predicted molar refractivity (Wildman–Crippen MR) is 261 cm³/mol. The fourth-order valence-electron chi connectivity index (χ4n) is 6.80. The molecule has 0 aliphatic heterocycles. The molecule has 0 aliphatic rings. The lowest BCUT2D eigenvalue weighted by molar-refractivity contribution is -0.167. The van der Waals surface area contributed by atoms with Crippen molar-refractivity contribution in [3.05, 3.63) is 72.9 Å². The highest BCUT2D eigenvalue weighted by molar-refractivity contribution is 5.71. The number of unbranched alkanes of at least 4 members (excludes halogenated alkanes) is 22. The van der Waals surface area contributed by atoms with Gasteiger partial charge in [-0.25, -0.2) is 0 Å². The Balaban J connectivity index is 4.49. The van der Waals surface area contributed by atoms with Gasteiger partial charge in [-0.1, -0.05) is 209 Å². The Labute approximate surface area is 376 Å². The van der Waals surface area contributed by atoms with Crippen LogP contribution in [0, 0.1) is 0 Å². The van der Waals surface area contributed by atoms with E-state index in [4.69, 9.17) is 14.2 Å². The molecule has 0 bridgehead atoms. The summed E-state index contributed by atoms with van der Waals surface area (Å²) in [6.45, 7) is 6.50. The molecule has 0 aliphatic carbocycles. The monoisotopic (exact) mass is 851 g/mol. The van der Waals surface area contributed by atoms with Crippen LogP contribution in [0.25, 0.3) is 0 Å². The van der Waals surface area contributed by atoms with E-state index >= 15 is 0 Å². The van der Waals surface area contributed by atoms with Crippen molar-refractivity contribution in [2.24, 2.45) is 0 Å². The third-order valence-corrected chi connectivity index (χ3v) is 10.7. The normalized spacial score (nSPS) is 12.6. The maximum absolute atomic E-state index is 12.8. The summed E-state index contributed by atoms with van der Waals surface area (Å²) in [5.41, 5.74) is 0. The van der Waals surface area contributed by atoms with E-state index in [-0.39, 0.29) is 37.5 Å². The summed E-state index contributed by atoms with van der Waals surface area (Å²) < 4.78 is 16.7. The Kier molecular flexibility index (Phi) is 46.9. The molecule has 1 atom stereocenters. The van der Waals surface area contributed by atoms with Crippen LogP contribution in [0.4, 0.5) is 0 Å². The second-order valence-corrected chi connectivity index (χ2v) is 16.7. The minimum Gasteiger partial charge on any atom is -0.462 e. The largest absolute Gasteiger partial charge is 0.462 e. The Morgan fingerprint density at radius 3 is 1.07 bits per heavy atom. The first-order valence-corrected chi connectivity index (χ1v) is 25.4. The maximum atomic E-state index is 12.8. The van der Waals surface area contributed by atoms with E-state index in [9.17, 15) is 14.4 Å². The van der Waals surface area contributed by atoms with Crippen LogP contribution in [0.3, 0.4) is 0 Å². The highest BCUT2D eigenvalue weighted by Crippen LogP contribution is 2.14. The molecular formula is C55H94O6. The molecule has 0 radical (unpaired) electrons. The number of esters is 3. The zero-order valence-corrected chi connectivity index (χ0v) is 39.9. The van der Waals surface area contributed by atoms with Crippen molar-refractivity contribution >= 4 is 17.9 Å². The first kappa shape index (κ1) is 57.9. The van der Waals surface area contributed by atoms with Gasteiger partial charge in [0.05, 0.1) is 0 Å². The smallest absolute Gasteiger partial charge is 0.306 e. The molecule has 0 aromatic heterocycles. The van der Waals surface area contributed by atoms with E-state index in [0.717, 1.165) is 89.9 Å². The van der Waals surface area contributed by atoms with E-state index in [1.54, 1.807) is 0 Å². The topological polar surface area (TPSA) is 78.9 Å². The molecule has 0 aromatic rings. The van der Waals surface area contributed by atoms with Crippen LogP contribution in [0.5, 0.6) is 0 Å². The molecule has 6 heteroatoms. The van der Waals surface area contributed by atoms with Gasteiger partial charge in [0.2, 0.25) is 0 Å². The number of rotatable bonds is 45. The second kappa shape index (κ2) is 49.5. The summed E-state index contributed by atoms with van der Waals surface area (Å²) in [4.78, 5) is 37.9. The molecule has 0 saturated heterocycles. The standard InChI is InChI=1S/C55H94O6/c1-4-7-10-13-16-19-22-25-27-28-29-31-33-36-39-42-45-48-54(57)60-51-52(50-59-53(56)47-44-41-38-35-32-24-21-18-15-12-9-6-3)61-55(58)49-46-43-40-37-34-30-26-23-20-17-14-11-8-5-2/h14,16-17,19,23,25-27,29,31,36,39,52H,4-13,15,18,20-22,24,28,30,32-35,37-38,40-51H2,1-3H3/b17-14-,19-16-,26-23-,27-25-,31-29-,39-36-/t52-/m1/s1. The lowest BCUT2D eigenvalue weighted by Crippen LogP contribution is -2.30. The van der Waals surface area contributed by atoms with Crippen molar-refractivity contribution in [1.29, 1.82) is 0 Å². The quantitative estimate of drug-likeness (QED) is 0.0263. The number of allylic oxidation sites excluding steroid dienone is 12. The molecule has 0 amide bonds. The van der Waals surface area contributed by atoms with Crippen LogP contribution in [0.15, 0.2) is 72.9 Å². The summed E-state index contributed by atoms with van der Waals surface area (Å²) in [5.74, 6) is -0.969.